The summed E-state index contributed by atoms with van der Waals surface area (Å²) in [5.74, 6) is 0.768. The summed E-state index contributed by atoms with van der Waals surface area (Å²) in [6.45, 7) is 11.7. The van der Waals surface area contributed by atoms with E-state index in [1.54, 1.807) is 0 Å². The zero-order chi connectivity index (χ0) is 16.1. The van der Waals surface area contributed by atoms with Crippen LogP contribution in [0.1, 0.15) is 20.8 Å². The molecule has 1 amide bonds. The first kappa shape index (κ1) is 17.4. The number of anilines is 1. The van der Waals surface area contributed by atoms with Crippen molar-refractivity contribution in [3.8, 4) is 0 Å². The van der Waals surface area contributed by atoms with E-state index < -0.39 is 0 Å². The molecular weight excluding hydrogens is 342 g/mol. The number of carbonyl (C=O) groups is 1. The lowest BCUT2D eigenvalue weighted by Crippen LogP contribution is -2.53. The summed E-state index contributed by atoms with van der Waals surface area (Å²) in [5, 5.41) is 2.99. The second-order valence-electron chi connectivity index (χ2n) is 6.40. The highest BCUT2D eigenvalue weighted by molar-refractivity contribution is 9.10. The van der Waals surface area contributed by atoms with Crippen LogP contribution in [0.2, 0.25) is 0 Å². The quantitative estimate of drug-likeness (QED) is 0.868. The van der Waals surface area contributed by atoms with Crippen LogP contribution in [0.3, 0.4) is 0 Å². The van der Waals surface area contributed by atoms with Gasteiger partial charge in [0.15, 0.2) is 0 Å². The third-order valence-electron chi connectivity index (χ3n) is 4.07. The number of carbonyl (C=O) groups excluding carboxylic acids is 1. The maximum atomic E-state index is 12.4. The van der Waals surface area contributed by atoms with Gasteiger partial charge in [-0.2, -0.15) is 0 Å². The molecule has 1 N–H and O–H groups in total. The third-order valence-corrected chi connectivity index (χ3v) is 4.60. The first-order chi connectivity index (χ1) is 10.5. The molecule has 1 unspecified atom stereocenters. The summed E-state index contributed by atoms with van der Waals surface area (Å²) >= 11 is 3.40. The standard InChI is InChI=1S/C17H26BrN3O/c1-13(2)12-20-8-10-21(11-9-20)14(3)17(22)19-16-6-4-15(18)5-7-16/h4-7,13-14H,8-12H2,1-3H3,(H,19,22). The van der Waals surface area contributed by atoms with Crippen molar-refractivity contribution in [1.82, 2.24) is 9.80 Å². The lowest BCUT2D eigenvalue weighted by molar-refractivity contribution is -0.121. The van der Waals surface area contributed by atoms with E-state index in [0.717, 1.165) is 42.9 Å². The van der Waals surface area contributed by atoms with E-state index >= 15 is 0 Å². The highest BCUT2D eigenvalue weighted by Crippen LogP contribution is 2.15. The van der Waals surface area contributed by atoms with E-state index in [4.69, 9.17) is 0 Å². The Hall–Kier alpha value is -0.910. The first-order valence-electron chi connectivity index (χ1n) is 7.98. The fourth-order valence-electron chi connectivity index (χ4n) is 2.80. The molecule has 1 aromatic rings. The molecule has 1 atom stereocenters. The van der Waals surface area contributed by atoms with Crippen LogP contribution in [0.4, 0.5) is 5.69 Å². The molecule has 122 valence electrons. The Bertz CT molecular complexity index is 481. The van der Waals surface area contributed by atoms with Crippen molar-refractivity contribution in [2.24, 2.45) is 5.92 Å². The lowest BCUT2D eigenvalue weighted by atomic mass is 10.1. The number of nitrogens with zero attached hydrogens (tertiary/aromatic N) is 2. The SMILES string of the molecule is CC(C)CN1CCN(C(C)C(=O)Nc2ccc(Br)cc2)CC1. The van der Waals surface area contributed by atoms with E-state index in [1.807, 2.05) is 31.2 Å². The minimum Gasteiger partial charge on any atom is -0.325 e. The molecule has 0 aliphatic carbocycles. The third kappa shape index (κ3) is 5.07. The Morgan fingerprint density at radius 1 is 1.14 bits per heavy atom. The molecule has 1 aromatic carbocycles. The molecule has 4 nitrogen and oxygen atoms in total. The van der Waals surface area contributed by atoms with Gasteiger partial charge in [0.1, 0.15) is 0 Å². The zero-order valence-electron chi connectivity index (χ0n) is 13.7. The first-order valence-corrected chi connectivity index (χ1v) is 8.78. The zero-order valence-corrected chi connectivity index (χ0v) is 15.3. The molecule has 1 aliphatic rings. The van der Waals surface area contributed by atoms with Gasteiger partial charge >= 0.3 is 0 Å². The van der Waals surface area contributed by atoms with Crippen molar-refractivity contribution in [3.05, 3.63) is 28.7 Å². The smallest absolute Gasteiger partial charge is 0.241 e. The molecule has 0 saturated carbocycles. The fourth-order valence-corrected chi connectivity index (χ4v) is 3.06. The summed E-state index contributed by atoms with van der Waals surface area (Å²) in [5.41, 5.74) is 0.846. The lowest BCUT2D eigenvalue weighted by Gasteiger charge is -2.38. The second-order valence-corrected chi connectivity index (χ2v) is 7.32. The largest absolute Gasteiger partial charge is 0.325 e. The Morgan fingerprint density at radius 3 is 2.27 bits per heavy atom. The van der Waals surface area contributed by atoms with Crippen molar-refractivity contribution in [1.29, 1.82) is 0 Å². The van der Waals surface area contributed by atoms with Crippen molar-refractivity contribution in [3.63, 3.8) is 0 Å². The van der Waals surface area contributed by atoms with Gasteiger partial charge < -0.3 is 10.2 Å². The Kier molecular flexibility index (Phi) is 6.41. The van der Waals surface area contributed by atoms with Crippen LogP contribution in [-0.2, 0) is 4.79 Å². The molecule has 1 aliphatic heterocycles. The average Bonchev–Trinajstić information content (AvgIpc) is 2.49. The van der Waals surface area contributed by atoms with Gasteiger partial charge in [0.2, 0.25) is 5.91 Å². The van der Waals surface area contributed by atoms with E-state index in [9.17, 15) is 4.79 Å². The maximum absolute atomic E-state index is 12.4. The Balaban J connectivity index is 1.82. The minimum absolute atomic E-state index is 0.0691. The summed E-state index contributed by atoms with van der Waals surface area (Å²) in [7, 11) is 0. The normalized spacial score (nSPS) is 18.4. The van der Waals surface area contributed by atoms with Gasteiger partial charge in [-0.25, -0.2) is 0 Å². The number of nitrogens with one attached hydrogen (secondary N) is 1. The van der Waals surface area contributed by atoms with Crippen LogP contribution in [-0.4, -0.2) is 54.5 Å². The summed E-state index contributed by atoms with van der Waals surface area (Å²) in [4.78, 5) is 17.1. The van der Waals surface area contributed by atoms with Gasteiger partial charge in [-0.15, -0.1) is 0 Å². The van der Waals surface area contributed by atoms with Crippen LogP contribution in [0.5, 0.6) is 0 Å². The molecular formula is C17H26BrN3O. The number of benzene rings is 1. The average molecular weight is 368 g/mol. The van der Waals surface area contributed by atoms with Gasteiger partial charge in [0.05, 0.1) is 6.04 Å². The van der Waals surface area contributed by atoms with E-state index in [0.29, 0.717) is 5.92 Å². The minimum atomic E-state index is -0.0927. The van der Waals surface area contributed by atoms with Gasteiger partial charge in [-0.1, -0.05) is 29.8 Å². The molecule has 22 heavy (non-hydrogen) atoms. The van der Waals surface area contributed by atoms with E-state index in [-0.39, 0.29) is 11.9 Å². The molecule has 0 aromatic heterocycles. The van der Waals surface area contributed by atoms with Gasteiger partial charge in [-0.05, 0) is 37.1 Å². The van der Waals surface area contributed by atoms with Gasteiger partial charge in [0, 0.05) is 42.9 Å². The molecule has 2 rings (SSSR count). The molecule has 0 radical (unpaired) electrons. The molecule has 1 fully saturated rings. The van der Waals surface area contributed by atoms with Crippen molar-refractivity contribution < 1.29 is 4.79 Å². The van der Waals surface area contributed by atoms with Crippen LogP contribution in [0, 0.1) is 5.92 Å². The van der Waals surface area contributed by atoms with Crippen LogP contribution in [0.15, 0.2) is 28.7 Å². The maximum Gasteiger partial charge on any atom is 0.241 e. The topological polar surface area (TPSA) is 35.6 Å². The van der Waals surface area contributed by atoms with Crippen LogP contribution in [0.25, 0.3) is 0 Å². The predicted octanol–water partition coefficient (Wildman–Crippen LogP) is 3.05. The van der Waals surface area contributed by atoms with E-state index in [2.05, 4.69) is 44.9 Å². The van der Waals surface area contributed by atoms with Crippen molar-refractivity contribution in [2.45, 2.75) is 26.8 Å². The number of hydrogen-bond donors (Lipinski definition) is 1. The number of amides is 1. The summed E-state index contributed by atoms with van der Waals surface area (Å²) < 4.78 is 1.01. The molecule has 1 saturated heterocycles. The van der Waals surface area contributed by atoms with Crippen molar-refractivity contribution in [2.75, 3.05) is 38.0 Å². The highest BCUT2D eigenvalue weighted by atomic mass is 79.9. The predicted molar refractivity (Wildman–Crippen MR) is 95.1 cm³/mol. The van der Waals surface area contributed by atoms with Crippen molar-refractivity contribution >= 4 is 27.5 Å². The fraction of sp³-hybridized carbons (Fsp3) is 0.588. The number of hydrogen-bond acceptors (Lipinski definition) is 3. The van der Waals surface area contributed by atoms with E-state index in [1.165, 1.54) is 0 Å². The number of piperazine rings is 1. The Labute approximate surface area is 142 Å². The molecule has 5 heteroatoms. The number of rotatable bonds is 5. The van der Waals surface area contributed by atoms with Crippen LogP contribution < -0.4 is 5.32 Å². The van der Waals surface area contributed by atoms with Gasteiger partial charge in [0.25, 0.3) is 0 Å². The summed E-state index contributed by atoms with van der Waals surface area (Å²) in [6.07, 6.45) is 0. The van der Waals surface area contributed by atoms with Gasteiger partial charge in [-0.3, -0.25) is 9.69 Å². The second kappa shape index (κ2) is 8.09. The monoisotopic (exact) mass is 367 g/mol. The molecule has 1 heterocycles. The highest BCUT2D eigenvalue weighted by Gasteiger charge is 2.25. The van der Waals surface area contributed by atoms with Crippen LogP contribution >= 0.6 is 15.9 Å². The molecule has 0 spiro atoms. The Morgan fingerprint density at radius 2 is 1.73 bits per heavy atom. The number of halogens is 1. The molecule has 0 bridgehead atoms. The summed E-state index contributed by atoms with van der Waals surface area (Å²) in [6, 6.07) is 7.60.